The van der Waals surface area contributed by atoms with Crippen LogP contribution in [0.2, 0.25) is 0 Å². The molecule has 0 radical (unpaired) electrons. The first-order chi connectivity index (χ1) is 28.7. The number of aryl methyl sites for hydroxylation is 9. The van der Waals surface area contributed by atoms with Gasteiger partial charge in [-0.25, -0.2) is 14.8 Å². The predicted octanol–water partition coefficient (Wildman–Crippen LogP) is 13.1. The minimum Gasteiger partial charge on any atom is -0.657 e. The van der Waals surface area contributed by atoms with E-state index in [1.54, 1.807) is 12.1 Å². The van der Waals surface area contributed by atoms with E-state index < -0.39 is 5.97 Å². The Morgan fingerprint density at radius 2 is 0.689 bits per heavy atom. The summed E-state index contributed by atoms with van der Waals surface area (Å²) in [6.07, 6.45) is 8.37. The molecule has 7 heteroatoms. The van der Waals surface area contributed by atoms with Crippen molar-refractivity contribution in [1.29, 1.82) is 0 Å². The Kier molecular flexibility index (Phi) is 10.8. The third kappa shape index (κ3) is 7.31. The van der Waals surface area contributed by atoms with Crippen LogP contribution in [0.1, 0.15) is 83.2 Å². The van der Waals surface area contributed by atoms with Crippen LogP contribution in [0.5, 0.6) is 0 Å². The van der Waals surface area contributed by atoms with Crippen molar-refractivity contribution < 1.29 is 29.4 Å². The van der Waals surface area contributed by atoms with Gasteiger partial charge in [-0.05, 0) is 177 Å². The van der Waals surface area contributed by atoms with E-state index in [2.05, 4.69) is 135 Å². The summed E-state index contributed by atoms with van der Waals surface area (Å²) in [5.74, 6) is -0.977. The molecule has 2 aliphatic heterocycles. The van der Waals surface area contributed by atoms with Gasteiger partial charge >= 0.3 is 25.4 Å². The largest absolute Gasteiger partial charge is 2.00 e. The zero-order valence-corrected chi connectivity index (χ0v) is 39.2. The Balaban J connectivity index is 0.00000514. The van der Waals surface area contributed by atoms with E-state index in [4.69, 9.17) is 19.9 Å². The first-order valence-electron chi connectivity index (χ1n) is 20.4. The molecular weight excluding hydrogens is 802 g/mol. The third-order valence-corrected chi connectivity index (χ3v) is 11.8. The molecule has 0 unspecified atom stereocenters. The van der Waals surface area contributed by atoms with Gasteiger partial charge in [0.15, 0.2) is 0 Å². The number of benzene rings is 4. The number of carboxylic acids is 1. The molecule has 8 bridgehead atoms. The molecule has 61 heavy (non-hydrogen) atoms. The quantitative estimate of drug-likeness (QED) is 0.173. The number of fused-ring (bicyclic) bond motifs is 8. The Hall–Kier alpha value is -6.43. The summed E-state index contributed by atoms with van der Waals surface area (Å²) in [7, 11) is 0. The van der Waals surface area contributed by atoms with E-state index >= 15 is 0 Å². The first kappa shape index (κ1) is 41.3. The van der Waals surface area contributed by atoms with Gasteiger partial charge in [0.2, 0.25) is 0 Å². The molecule has 296 valence electrons. The molecule has 5 heterocycles. The van der Waals surface area contributed by atoms with Gasteiger partial charge in [-0.2, -0.15) is 0 Å². The van der Waals surface area contributed by atoms with Crippen LogP contribution in [0, 0.1) is 62.3 Å². The van der Waals surface area contributed by atoms with Crippen molar-refractivity contribution in [1.82, 2.24) is 19.9 Å². The SMILES string of the molecule is Cc1cc(C)c(-c2c3nc(c(-c4c(C)cc(C)cc4C)c4ccc([n-]4)c(-c4c(C)cc(C)cc4C)c4nc(c(-c5ccc(C(=O)O)cc5)c5ccc2[n-]5)C=C4)C=C3)c(C)c1.[Zn+2]. The summed E-state index contributed by atoms with van der Waals surface area (Å²) >= 11 is 0. The Morgan fingerprint density at radius 1 is 0.410 bits per heavy atom. The molecule has 3 aromatic heterocycles. The second kappa shape index (κ2) is 15.9. The van der Waals surface area contributed by atoms with E-state index in [-0.39, 0.29) is 25.0 Å². The molecule has 0 saturated heterocycles. The van der Waals surface area contributed by atoms with Crippen molar-refractivity contribution >= 4 is 52.3 Å². The first-order valence-corrected chi connectivity index (χ1v) is 20.4. The molecule has 4 aromatic carbocycles. The smallest absolute Gasteiger partial charge is 0.657 e. The average molecular weight is 848 g/mol. The summed E-state index contributed by atoms with van der Waals surface area (Å²) in [4.78, 5) is 33.9. The fraction of sp³-hybridized carbons (Fsp3) is 0.167. The normalized spacial score (nSPS) is 11.9. The van der Waals surface area contributed by atoms with E-state index in [0.717, 1.165) is 112 Å². The van der Waals surface area contributed by atoms with Crippen LogP contribution in [0.15, 0.2) is 84.9 Å². The van der Waals surface area contributed by atoms with Crippen molar-refractivity contribution in [3.63, 3.8) is 0 Å². The standard InChI is InChI=1S/C54H47N4O2.Zn/c1-28-22-31(4)47(32(5)23-28)51-41-16-14-39(55-41)50(37-10-12-38(13-11-37)54(59)60)40-15-17-42(56-40)52(48-33(6)24-29(2)25-34(48)7)44-19-21-46(58-44)53(45-20-18-43(51)57-45)49-35(8)26-30(3)27-36(49)9;/h10-27H,1-9H3,(H2-,55,56,57,58,59,60);/q-1;+2/p-1. The molecular formula is C54H46N4O2Zn. The maximum absolute atomic E-state index is 12.0. The molecule has 0 atom stereocenters. The molecule has 0 spiro atoms. The van der Waals surface area contributed by atoms with E-state index in [9.17, 15) is 9.90 Å². The fourth-order valence-electron chi connectivity index (χ4n) is 9.65. The minimum atomic E-state index is -0.977. The van der Waals surface area contributed by atoms with Crippen LogP contribution >= 0.6 is 0 Å². The number of carboxylic acid groups (broad SMARTS) is 1. The fourth-order valence-corrected chi connectivity index (χ4v) is 9.65. The molecule has 9 rings (SSSR count). The third-order valence-electron chi connectivity index (χ3n) is 11.8. The summed E-state index contributed by atoms with van der Waals surface area (Å²) < 4.78 is 0. The molecule has 1 N–H and O–H groups in total. The summed E-state index contributed by atoms with van der Waals surface area (Å²) in [5, 5.41) is 9.79. The van der Waals surface area contributed by atoms with Gasteiger partial charge < -0.3 is 15.1 Å². The van der Waals surface area contributed by atoms with E-state index in [1.807, 2.05) is 24.3 Å². The molecule has 0 aliphatic carbocycles. The maximum atomic E-state index is 12.0. The van der Waals surface area contributed by atoms with Crippen LogP contribution in [-0.2, 0) is 19.5 Å². The number of rotatable bonds is 5. The second-order valence-electron chi connectivity index (χ2n) is 16.6. The monoisotopic (exact) mass is 846 g/mol. The zero-order valence-electron chi connectivity index (χ0n) is 36.2. The van der Waals surface area contributed by atoms with Gasteiger partial charge in [-0.15, -0.1) is 22.1 Å². The molecule has 7 aromatic rings. The average Bonchev–Trinajstić information content (AvgIpc) is 4.02. The number of nitrogens with zero attached hydrogens (tertiary/aromatic N) is 4. The van der Waals surface area contributed by atoms with Gasteiger partial charge in [0.25, 0.3) is 0 Å². The van der Waals surface area contributed by atoms with Crippen molar-refractivity contribution in [2.75, 3.05) is 0 Å². The Labute approximate surface area is 370 Å². The van der Waals surface area contributed by atoms with Gasteiger partial charge in [0.1, 0.15) is 0 Å². The van der Waals surface area contributed by atoms with Crippen LogP contribution in [0.4, 0.5) is 0 Å². The number of aromatic carboxylic acids is 1. The van der Waals surface area contributed by atoms with Gasteiger partial charge in [0, 0.05) is 0 Å². The van der Waals surface area contributed by atoms with Crippen LogP contribution < -0.4 is 9.97 Å². The topological polar surface area (TPSA) is 91.3 Å². The summed E-state index contributed by atoms with van der Waals surface area (Å²) in [6.45, 7) is 19.4. The van der Waals surface area contributed by atoms with Crippen LogP contribution in [0.25, 0.3) is 90.9 Å². The van der Waals surface area contributed by atoms with E-state index in [1.165, 1.54) is 27.8 Å². The maximum Gasteiger partial charge on any atom is 2.00 e. The van der Waals surface area contributed by atoms with Crippen molar-refractivity contribution in [2.24, 2.45) is 0 Å². The number of carbonyl (C=O) groups is 1. The van der Waals surface area contributed by atoms with Crippen molar-refractivity contribution in [3.8, 4) is 44.5 Å². The molecule has 0 saturated carbocycles. The summed E-state index contributed by atoms with van der Waals surface area (Å²) in [5.41, 5.74) is 24.9. The zero-order chi connectivity index (χ0) is 42.1. The Bertz CT molecular complexity index is 3090. The van der Waals surface area contributed by atoms with Crippen molar-refractivity contribution in [3.05, 3.63) is 163 Å². The number of aromatic nitrogens is 4. The predicted molar refractivity (Wildman–Crippen MR) is 248 cm³/mol. The van der Waals surface area contributed by atoms with Gasteiger partial charge in [0.05, 0.1) is 28.3 Å². The summed E-state index contributed by atoms with van der Waals surface area (Å²) in [6, 6.07) is 28.7. The molecule has 0 amide bonds. The van der Waals surface area contributed by atoms with Crippen molar-refractivity contribution in [2.45, 2.75) is 62.3 Å². The molecule has 6 nitrogen and oxygen atoms in total. The van der Waals surface area contributed by atoms with Gasteiger partial charge in [-0.3, -0.25) is 0 Å². The molecule has 0 fully saturated rings. The Morgan fingerprint density at radius 3 is 0.984 bits per heavy atom. The molecule has 2 aliphatic rings. The second-order valence-corrected chi connectivity index (χ2v) is 16.6. The number of hydrogen-bond acceptors (Lipinski definition) is 3. The number of hydrogen-bond donors (Lipinski definition) is 1. The van der Waals surface area contributed by atoms with E-state index in [0.29, 0.717) is 0 Å². The van der Waals surface area contributed by atoms with Crippen LogP contribution in [0.3, 0.4) is 0 Å². The van der Waals surface area contributed by atoms with Crippen LogP contribution in [-0.4, -0.2) is 21.0 Å². The van der Waals surface area contributed by atoms with Gasteiger partial charge in [-0.1, -0.05) is 89.5 Å². The minimum absolute atomic E-state index is 0.